The summed E-state index contributed by atoms with van der Waals surface area (Å²) in [6.45, 7) is 2.90. The quantitative estimate of drug-likeness (QED) is 0.842. The standard InChI is InChI=1S/C12H14N2O2/c15-8-9-5-14(6-9)7-12-13-10-3-1-2-4-11(10)16-12/h1-4,9,15H,5-8H2. The zero-order valence-corrected chi connectivity index (χ0v) is 8.97. The van der Waals surface area contributed by atoms with Crippen LogP contribution in [0.3, 0.4) is 0 Å². The fourth-order valence-electron chi connectivity index (χ4n) is 2.10. The van der Waals surface area contributed by atoms with Crippen LogP contribution in [0.1, 0.15) is 5.89 Å². The second-order valence-corrected chi connectivity index (χ2v) is 4.32. The highest BCUT2D eigenvalue weighted by molar-refractivity contribution is 5.72. The predicted molar refractivity (Wildman–Crippen MR) is 59.9 cm³/mol. The number of benzene rings is 1. The van der Waals surface area contributed by atoms with Crippen molar-refractivity contribution in [2.45, 2.75) is 6.54 Å². The van der Waals surface area contributed by atoms with Gasteiger partial charge in [-0.2, -0.15) is 0 Å². The van der Waals surface area contributed by atoms with E-state index in [1.165, 1.54) is 0 Å². The topological polar surface area (TPSA) is 49.5 Å². The molecule has 2 heterocycles. The van der Waals surface area contributed by atoms with Crippen LogP contribution < -0.4 is 0 Å². The minimum Gasteiger partial charge on any atom is -0.439 e. The van der Waals surface area contributed by atoms with Crippen molar-refractivity contribution in [3.05, 3.63) is 30.2 Å². The van der Waals surface area contributed by atoms with Crippen molar-refractivity contribution in [1.82, 2.24) is 9.88 Å². The van der Waals surface area contributed by atoms with E-state index in [0.29, 0.717) is 5.92 Å². The zero-order valence-electron chi connectivity index (χ0n) is 8.97. The number of fused-ring (bicyclic) bond motifs is 1. The molecule has 4 heteroatoms. The first-order chi connectivity index (χ1) is 7.85. The first-order valence-electron chi connectivity index (χ1n) is 5.53. The minimum atomic E-state index is 0.282. The molecule has 2 aromatic rings. The van der Waals surface area contributed by atoms with Crippen molar-refractivity contribution in [2.24, 2.45) is 5.92 Å². The highest BCUT2D eigenvalue weighted by atomic mass is 16.3. The van der Waals surface area contributed by atoms with Crippen LogP contribution in [0.15, 0.2) is 28.7 Å². The van der Waals surface area contributed by atoms with Gasteiger partial charge in [0.15, 0.2) is 5.58 Å². The molecule has 16 heavy (non-hydrogen) atoms. The van der Waals surface area contributed by atoms with Crippen molar-refractivity contribution in [2.75, 3.05) is 19.7 Å². The van der Waals surface area contributed by atoms with Gasteiger partial charge in [0, 0.05) is 25.6 Å². The van der Waals surface area contributed by atoms with Crippen molar-refractivity contribution in [3.8, 4) is 0 Å². The van der Waals surface area contributed by atoms with Crippen LogP contribution in [0.25, 0.3) is 11.1 Å². The van der Waals surface area contributed by atoms with E-state index in [1.54, 1.807) is 0 Å². The number of nitrogens with zero attached hydrogens (tertiary/aromatic N) is 2. The van der Waals surface area contributed by atoms with Gasteiger partial charge in [0.05, 0.1) is 6.54 Å². The number of aromatic nitrogens is 1. The van der Waals surface area contributed by atoms with Crippen LogP contribution in [0.2, 0.25) is 0 Å². The van der Waals surface area contributed by atoms with Gasteiger partial charge in [0.2, 0.25) is 5.89 Å². The van der Waals surface area contributed by atoms with E-state index in [1.807, 2.05) is 24.3 Å². The zero-order chi connectivity index (χ0) is 11.0. The molecule has 0 aliphatic carbocycles. The molecule has 1 aliphatic heterocycles. The van der Waals surface area contributed by atoms with Gasteiger partial charge < -0.3 is 9.52 Å². The molecule has 0 spiro atoms. The molecule has 1 aliphatic rings. The Kier molecular flexibility index (Phi) is 2.38. The van der Waals surface area contributed by atoms with E-state index < -0.39 is 0 Å². The lowest BCUT2D eigenvalue weighted by Gasteiger charge is -2.37. The van der Waals surface area contributed by atoms with Crippen molar-refractivity contribution in [3.63, 3.8) is 0 Å². The van der Waals surface area contributed by atoms with Crippen molar-refractivity contribution < 1.29 is 9.52 Å². The van der Waals surface area contributed by atoms with E-state index in [9.17, 15) is 0 Å². The predicted octanol–water partition coefficient (Wildman–Crippen LogP) is 1.25. The molecule has 84 valence electrons. The van der Waals surface area contributed by atoms with Gasteiger partial charge in [0.1, 0.15) is 5.52 Å². The molecule has 0 amide bonds. The molecule has 1 saturated heterocycles. The molecule has 1 fully saturated rings. The normalized spacial score (nSPS) is 17.8. The number of aliphatic hydroxyl groups excluding tert-OH is 1. The van der Waals surface area contributed by atoms with Gasteiger partial charge in [-0.3, -0.25) is 4.90 Å². The molecule has 1 aromatic carbocycles. The summed E-state index contributed by atoms with van der Waals surface area (Å²) in [5, 5.41) is 8.92. The van der Waals surface area contributed by atoms with Crippen molar-refractivity contribution in [1.29, 1.82) is 0 Å². The van der Waals surface area contributed by atoms with E-state index in [2.05, 4.69) is 9.88 Å². The summed E-state index contributed by atoms with van der Waals surface area (Å²) in [4.78, 5) is 6.64. The molecule has 3 rings (SSSR count). The first kappa shape index (κ1) is 9.81. The Hall–Kier alpha value is -1.39. The highest BCUT2D eigenvalue weighted by Gasteiger charge is 2.26. The lowest BCUT2D eigenvalue weighted by atomic mass is 10.0. The summed E-state index contributed by atoms with van der Waals surface area (Å²) < 4.78 is 5.63. The summed E-state index contributed by atoms with van der Waals surface area (Å²) in [5.41, 5.74) is 1.76. The van der Waals surface area contributed by atoms with Gasteiger partial charge in [-0.05, 0) is 12.1 Å². The summed E-state index contributed by atoms with van der Waals surface area (Å²) in [6.07, 6.45) is 0. The van der Waals surface area contributed by atoms with E-state index >= 15 is 0 Å². The van der Waals surface area contributed by atoms with Gasteiger partial charge in [-0.25, -0.2) is 4.98 Å². The number of likely N-dealkylation sites (tertiary alicyclic amines) is 1. The minimum absolute atomic E-state index is 0.282. The molecule has 0 radical (unpaired) electrons. The lowest BCUT2D eigenvalue weighted by molar-refractivity contribution is 0.0420. The smallest absolute Gasteiger partial charge is 0.209 e. The monoisotopic (exact) mass is 218 g/mol. The first-order valence-corrected chi connectivity index (χ1v) is 5.53. The summed E-state index contributed by atoms with van der Waals surface area (Å²) in [7, 11) is 0. The number of oxazole rings is 1. The Balaban J connectivity index is 1.71. The molecule has 4 nitrogen and oxygen atoms in total. The average molecular weight is 218 g/mol. The van der Waals surface area contributed by atoms with Gasteiger partial charge in [-0.1, -0.05) is 12.1 Å². The number of para-hydroxylation sites is 2. The van der Waals surface area contributed by atoms with Crippen LogP contribution in [0.5, 0.6) is 0 Å². The fraction of sp³-hybridized carbons (Fsp3) is 0.417. The second kappa shape index (κ2) is 3.88. The Morgan fingerprint density at radius 3 is 2.94 bits per heavy atom. The molecule has 1 aromatic heterocycles. The Morgan fingerprint density at radius 2 is 2.19 bits per heavy atom. The highest BCUT2D eigenvalue weighted by Crippen LogP contribution is 2.20. The van der Waals surface area contributed by atoms with Crippen LogP contribution in [-0.2, 0) is 6.54 Å². The number of hydrogen-bond donors (Lipinski definition) is 1. The molecule has 0 unspecified atom stereocenters. The maximum Gasteiger partial charge on any atom is 0.209 e. The van der Waals surface area contributed by atoms with Crippen LogP contribution in [-0.4, -0.2) is 34.7 Å². The van der Waals surface area contributed by atoms with Crippen LogP contribution in [0.4, 0.5) is 0 Å². The van der Waals surface area contributed by atoms with E-state index in [0.717, 1.165) is 36.6 Å². The van der Waals surface area contributed by atoms with Gasteiger partial charge in [-0.15, -0.1) is 0 Å². The lowest BCUT2D eigenvalue weighted by Crippen LogP contribution is -2.47. The Morgan fingerprint density at radius 1 is 1.38 bits per heavy atom. The SMILES string of the molecule is OCC1CN(Cc2nc3ccccc3o2)C1. The fourth-order valence-corrected chi connectivity index (χ4v) is 2.10. The summed E-state index contributed by atoms with van der Waals surface area (Å²) >= 11 is 0. The van der Waals surface area contributed by atoms with Crippen LogP contribution in [0, 0.1) is 5.92 Å². The number of rotatable bonds is 3. The third-order valence-electron chi connectivity index (χ3n) is 2.99. The Bertz CT molecular complexity index is 455. The van der Waals surface area contributed by atoms with E-state index in [-0.39, 0.29) is 6.61 Å². The summed E-state index contributed by atoms with van der Waals surface area (Å²) in [6, 6.07) is 7.79. The largest absolute Gasteiger partial charge is 0.439 e. The average Bonchev–Trinajstić information content (AvgIpc) is 2.65. The maximum absolute atomic E-state index is 8.92. The molecule has 0 atom stereocenters. The molecular weight excluding hydrogens is 204 g/mol. The van der Waals surface area contributed by atoms with Crippen LogP contribution >= 0.6 is 0 Å². The Labute approximate surface area is 93.5 Å². The maximum atomic E-state index is 8.92. The third-order valence-corrected chi connectivity index (χ3v) is 2.99. The second-order valence-electron chi connectivity index (χ2n) is 4.32. The number of aliphatic hydroxyl groups is 1. The molecule has 0 saturated carbocycles. The third kappa shape index (κ3) is 1.70. The molecule has 0 bridgehead atoms. The number of hydrogen-bond acceptors (Lipinski definition) is 4. The van der Waals surface area contributed by atoms with E-state index in [4.69, 9.17) is 9.52 Å². The molecule has 1 N–H and O–H groups in total. The summed E-state index contributed by atoms with van der Waals surface area (Å²) in [5.74, 6) is 1.20. The van der Waals surface area contributed by atoms with Crippen molar-refractivity contribution >= 4 is 11.1 Å². The van der Waals surface area contributed by atoms with Gasteiger partial charge >= 0.3 is 0 Å². The molecular formula is C12H14N2O2. The van der Waals surface area contributed by atoms with Gasteiger partial charge in [0.25, 0.3) is 0 Å².